The molecule has 1 aromatic heterocycles. The molecule has 0 atom stereocenters. The van der Waals surface area contributed by atoms with Crippen LogP contribution in [-0.2, 0) is 11.2 Å². The highest BCUT2D eigenvalue weighted by Gasteiger charge is 2.18. The van der Waals surface area contributed by atoms with Crippen LogP contribution in [0.1, 0.15) is 43.0 Å². The lowest BCUT2D eigenvalue weighted by molar-refractivity contribution is 0.414. The highest BCUT2D eigenvalue weighted by molar-refractivity contribution is 7.98. The molecule has 4 rings (SSSR count). The third-order valence-corrected chi connectivity index (χ3v) is 6.91. The van der Waals surface area contributed by atoms with Crippen molar-refractivity contribution in [2.24, 2.45) is 0 Å². The van der Waals surface area contributed by atoms with Crippen LogP contribution in [-0.4, -0.2) is 21.9 Å². The van der Waals surface area contributed by atoms with Crippen LogP contribution in [0.4, 0.5) is 0 Å². The Morgan fingerprint density at radius 2 is 1.55 bits per heavy atom. The first kappa shape index (κ1) is 23.1. The molecule has 0 unspecified atom stereocenters. The van der Waals surface area contributed by atoms with Gasteiger partial charge in [0.25, 0.3) is 0 Å². The minimum Gasteiger partial charge on any atom is -0.497 e. The van der Waals surface area contributed by atoms with Crippen molar-refractivity contribution >= 4 is 11.8 Å². The molecule has 4 aromatic rings. The molecule has 0 fully saturated rings. The van der Waals surface area contributed by atoms with E-state index in [1.807, 2.05) is 12.1 Å². The average Bonchev–Trinajstić information content (AvgIpc) is 3.23. The average molecular weight is 458 g/mol. The van der Waals surface area contributed by atoms with Crippen molar-refractivity contribution in [1.82, 2.24) is 14.8 Å². The monoisotopic (exact) mass is 457 g/mol. The number of thioether (sulfide) groups is 1. The van der Waals surface area contributed by atoms with E-state index in [2.05, 4.69) is 104 Å². The van der Waals surface area contributed by atoms with Crippen molar-refractivity contribution in [3.05, 3.63) is 89.0 Å². The highest BCUT2D eigenvalue weighted by atomic mass is 32.2. The second-order valence-corrected chi connectivity index (χ2v) is 10.3. The van der Waals surface area contributed by atoms with Crippen LogP contribution >= 0.6 is 11.8 Å². The molecule has 0 amide bonds. The minimum absolute atomic E-state index is 0.107. The van der Waals surface area contributed by atoms with Crippen molar-refractivity contribution in [2.45, 2.75) is 50.9 Å². The second-order valence-electron chi connectivity index (χ2n) is 9.37. The summed E-state index contributed by atoms with van der Waals surface area (Å²) in [4.78, 5) is 0. The molecule has 3 aromatic carbocycles. The van der Waals surface area contributed by atoms with E-state index < -0.39 is 0 Å². The van der Waals surface area contributed by atoms with Gasteiger partial charge in [0.2, 0.25) is 0 Å². The van der Waals surface area contributed by atoms with Gasteiger partial charge in [-0.2, -0.15) is 0 Å². The van der Waals surface area contributed by atoms with Crippen molar-refractivity contribution in [1.29, 1.82) is 0 Å². The quantitative estimate of drug-likeness (QED) is 0.288. The van der Waals surface area contributed by atoms with Crippen LogP contribution in [0.2, 0.25) is 0 Å². The number of rotatable bonds is 6. The van der Waals surface area contributed by atoms with Crippen LogP contribution in [0.25, 0.3) is 17.1 Å². The number of ether oxygens (including phenoxy) is 1. The molecule has 4 nitrogen and oxygen atoms in total. The molecule has 0 saturated heterocycles. The maximum absolute atomic E-state index is 5.36. The number of hydrogen-bond acceptors (Lipinski definition) is 4. The Morgan fingerprint density at radius 3 is 2.15 bits per heavy atom. The van der Waals surface area contributed by atoms with Crippen molar-refractivity contribution in [3.8, 4) is 22.8 Å². The van der Waals surface area contributed by atoms with Crippen LogP contribution in [0.15, 0.2) is 71.9 Å². The van der Waals surface area contributed by atoms with E-state index >= 15 is 0 Å². The second kappa shape index (κ2) is 9.44. The van der Waals surface area contributed by atoms with E-state index in [-0.39, 0.29) is 5.41 Å². The zero-order chi connectivity index (χ0) is 23.6. The van der Waals surface area contributed by atoms with Gasteiger partial charge in [-0.25, -0.2) is 0 Å². The molecule has 0 saturated carbocycles. The maximum Gasteiger partial charge on any atom is 0.196 e. The lowest BCUT2D eigenvalue weighted by Crippen LogP contribution is -2.10. The molecule has 5 heteroatoms. The third kappa shape index (κ3) is 5.14. The summed E-state index contributed by atoms with van der Waals surface area (Å²) in [5.74, 6) is 2.49. The minimum atomic E-state index is 0.107. The molecule has 33 heavy (non-hydrogen) atoms. The molecule has 0 bridgehead atoms. The topological polar surface area (TPSA) is 39.9 Å². The first-order valence-corrected chi connectivity index (χ1v) is 12.1. The molecule has 0 N–H and O–H groups in total. The number of benzene rings is 3. The first-order chi connectivity index (χ1) is 15.8. The zero-order valence-corrected chi connectivity index (χ0v) is 21.0. The van der Waals surface area contributed by atoms with Gasteiger partial charge < -0.3 is 4.74 Å². The predicted octanol–water partition coefficient (Wildman–Crippen LogP) is 7.15. The van der Waals surface area contributed by atoms with E-state index in [1.54, 1.807) is 18.9 Å². The smallest absolute Gasteiger partial charge is 0.196 e. The van der Waals surface area contributed by atoms with Crippen LogP contribution < -0.4 is 4.74 Å². The fraction of sp³-hybridized carbons (Fsp3) is 0.286. The summed E-state index contributed by atoms with van der Waals surface area (Å²) in [6.45, 7) is 11.0. The number of methoxy groups -OCH3 is 1. The molecule has 0 aliphatic rings. The summed E-state index contributed by atoms with van der Waals surface area (Å²) in [5, 5.41) is 10.1. The Balaban J connectivity index is 1.72. The molecular formula is C28H31N3OS. The summed E-state index contributed by atoms with van der Waals surface area (Å²) in [6, 6.07) is 23.3. The number of nitrogens with zero attached hydrogens (tertiary/aromatic N) is 3. The Kier molecular flexibility index (Phi) is 6.61. The number of aromatic nitrogens is 3. The van der Waals surface area contributed by atoms with Gasteiger partial charge in [0.15, 0.2) is 11.0 Å². The van der Waals surface area contributed by atoms with Gasteiger partial charge in [-0.15, -0.1) is 10.2 Å². The van der Waals surface area contributed by atoms with E-state index in [4.69, 9.17) is 4.74 Å². The molecule has 0 radical (unpaired) electrons. The molecule has 0 aliphatic heterocycles. The van der Waals surface area contributed by atoms with Gasteiger partial charge in [0.1, 0.15) is 5.75 Å². The molecule has 1 heterocycles. The SMILES string of the molecule is COc1ccc(-n2c(SCc3ccc(C)c(C)c3)nnc2-c2ccc(C(C)(C)C)cc2)cc1. The van der Waals surface area contributed by atoms with Gasteiger partial charge in [-0.05, 0) is 65.8 Å². The normalized spacial score (nSPS) is 11.6. The predicted molar refractivity (Wildman–Crippen MR) is 138 cm³/mol. The summed E-state index contributed by atoms with van der Waals surface area (Å²) < 4.78 is 7.49. The lowest BCUT2D eigenvalue weighted by atomic mass is 9.87. The van der Waals surface area contributed by atoms with Crippen LogP contribution in [0, 0.1) is 13.8 Å². The lowest BCUT2D eigenvalue weighted by Gasteiger charge is -2.19. The zero-order valence-electron chi connectivity index (χ0n) is 20.2. The fourth-order valence-electron chi connectivity index (χ4n) is 3.67. The van der Waals surface area contributed by atoms with Crippen LogP contribution in [0.5, 0.6) is 5.75 Å². The van der Waals surface area contributed by atoms with Crippen molar-refractivity contribution in [2.75, 3.05) is 7.11 Å². The van der Waals surface area contributed by atoms with Gasteiger partial charge in [0.05, 0.1) is 7.11 Å². The van der Waals surface area contributed by atoms with Gasteiger partial charge in [0, 0.05) is 17.0 Å². The van der Waals surface area contributed by atoms with Crippen molar-refractivity contribution < 1.29 is 4.74 Å². The van der Waals surface area contributed by atoms with E-state index in [9.17, 15) is 0 Å². The highest BCUT2D eigenvalue weighted by Crippen LogP contribution is 2.32. The summed E-state index contributed by atoms with van der Waals surface area (Å²) in [5.41, 5.74) is 7.36. The fourth-order valence-corrected chi connectivity index (χ4v) is 4.57. The first-order valence-electron chi connectivity index (χ1n) is 11.2. The number of aryl methyl sites for hydroxylation is 2. The molecule has 0 aliphatic carbocycles. The maximum atomic E-state index is 5.36. The molecule has 0 spiro atoms. The summed E-state index contributed by atoms with van der Waals surface area (Å²) >= 11 is 1.70. The van der Waals surface area contributed by atoms with Crippen LogP contribution in [0.3, 0.4) is 0 Å². The van der Waals surface area contributed by atoms with Crippen molar-refractivity contribution in [3.63, 3.8) is 0 Å². The Morgan fingerprint density at radius 1 is 0.848 bits per heavy atom. The Labute approximate surface area is 201 Å². The Bertz CT molecular complexity index is 1240. The van der Waals surface area contributed by atoms with Gasteiger partial charge >= 0.3 is 0 Å². The third-order valence-electron chi connectivity index (χ3n) is 5.91. The van der Waals surface area contributed by atoms with E-state index in [0.29, 0.717) is 0 Å². The Hall–Kier alpha value is -3.05. The van der Waals surface area contributed by atoms with E-state index in [0.717, 1.165) is 33.7 Å². The largest absolute Gasteiger partial charge is 0.497 e. The summed E-state index contributed by atoms with van der Waals surface area (Å²) in [6.07, 6.45) is 0. The molecule has 170 valence electrons. The van der Waals surface area contributed by atoms with Gasteiger partial charge in [-0.1, -0.05) is 75.0 Å². The van der Waals surface area contributed by atoms with Gasteiger partial charge in [-0.3, -0.25) is 4.57 Å². The molecular weight excluding hydrogens is 426 g/mol. The number of hydrogen-bond donors (Lipinski definition) is 0. The van der Waals surface area contributed by atoms with E-state index in [1.165, 1.54) is 22.3 Å². The summed E-state index contributed by atoms with van der Waals surface area (Å²) in [7, 11) is 1.68. The standard InChI is InChI=1S/C28H31N3OS/c1-19-7-8-21(17-20(19)2)18-33-27-30-29-26(22-9-11-23(12-10-22)28(3,4)5)31(27)24-13-15-25(32-6)16-14-24/h7-17H,18H2,1-6H3.